The van der Waals surface area contributed by atoms with E-state index in [2.05, 4.69) is 15.9 Å². The summed E-state index contributed by atoms with van der Waals surface area (Å²) >= 11 is 3.57. The Hall–Kier alpha value is -2.15. The van der Waals surface area contributed by atoms with Gasteiger partial charge in [0.05, 0.1) is 12.7 Å². The van der Waals surface area contributed by atoms with Crippen LogP contribution in [0.15, 0.2) is 39.5 Å². The molecule has 31 heavy (non-hydrogen) atoms. The normalized spacial score (nSPS) is 17.5. The molecule has 0 unspecified atom stereocenters. The van der Waals surface area contributed by atoms with Crippen LogP contribution in [0.4, 0.5) is 8.63 Å². The highest BCUT2D eigenvalue weighted by Crippen LogP contribution is 2.49. The first kappa shape index (κ1) is 22.1. The van der Waals surface area contributed by atoms with Crippen LogP contribution in [-0.2, 0) is 6.42 Å². The van der Waals surface area contributed by atoms with E-state index in [1.165, 1.54) is 8.96 Å². The lowest BCUT2D eigenvalue weighted by Gasteiger charge is -2.34. The number of ether oxygens (including phenoxy) is 1. The Bertz CT molecular complexity index is 1220. The fourth-order valence-electron chi connectivity index (χ4n) is 5.61. The van der Waals surface area contributed by atoms with Gasteiger partial charge in [-0.2, -0.15) is 0 Å². The van der Waals surface area contributed by atoms with Crippen molar-refractivity contribution in [2.24, 2.45) is 0 Å². The molecule has 4 rings (SSSR count). The molecule has 0 saturated heterocycles. The van der Waals surface area contributed by atoms with Crippen molar-refractivity contribution in [3.05, 3.63) is 67.6 Å². The number of rotatable bonds is 4. The standard InChI is InChI=1S/C24H28BBrF2N2O/c1-8-18-13(3)23-22(20-12-17(26)10-11-21(20)31-7)24-14(4)19(9-2)16(6)30(24)25(27,28)29(23)15(18)5/h10-12H,8-9H2,1-7H3. The molecule has 1 aromatic heterocycles. The van der Waals surface area contributed by atoms with Crippen LogP contribution in [-0.4, -0.2) is 28.8 Å². The van der Waals surface area contributed by atoms with Gasteiger partial charge in [-0.25, -0.2) is 0 Å². The molecule has 0 spiro atoms. The minimum absolute atomic E-state index is 0.603. The van der Waals surface area contributed by atoms with Gasteiger partial charge >= 0.3 is 6.97 Å². The van der Waals surface area contributed by atoms with Crippen molar-refractivity contribution in [2.75, 3.05) is 7.11 Å². The van der Waals surface area contributed by atoms with E-state index < -0.39 is 6.97 Å². The minimum atomic E-state index is -4.02. The van der Waals surface area contributed by atoms with E-state index in [0.29, 0.717) is 41.4 Å². The molecule has 7 heteroatoms. The quantitative estimate of drug-likeness (QED) is 0.440. The van der Waals surface area contributed by atoms with Crippen molar-refractivity contribution in [3.63, 3.8) is 0 Å². The van der Waals surface area contributed by atoms with Crippen LogP contribution in [0.1, 0.15) is 62.2 Å². The first-order valence-corrected chi connectivity index (χ1v) is 11.6. The van der Waals surface area contributed by atoms with E-state index in [9.17, 15) is 0 Å². The van der Waals surface area contributed by atoms with Crippen molar-refractivity contribution >= 4 is 34.2 Å². The molecule has 0 bridgehead atoms. The monoisotopic (exact) mass is 488 g/mol. The summed E-state index contributed by atoms with van der Waals surface area (Å²) in [5.41, 5.74) is 7.92. The van der Waals surface area contributed by atoms with Gasteiger partial charge in [-0.05, 0) is 68.6 Å². The Morgan fingerprint density at radius 3 is 2.35 bits per heavy atom. The van der Waals surface area contributed by atoms with E-state index in [1.807, 2.05) is 59.7 Å². The molecular formula is C24H28BBrF2N2O. The van der Waals surface area contributed by atoms with Gasteiger partial charge in [-0.1, -0.05) is 29.8 Å². The molecule has 2 aromatic rings. The van der Waals surface area contributed by atoms with Crippen LogP contribution >= 0.6 is 15.9 Å². The molecule has 1 aromatic carbocycles. The van der Waals surface area contributed by atoms with E-state index in [0.717, 1.165) is 37.9 Å². The Labute approximate surface area is 191 Å². The topological polar surface area (TPSA) is 17.2 Å². The summed E-state index contributed by atoms with van der Waals surface area (Å²) in [5.74, 6) is 0.668. The van der Waals surface area contributed by atoms with Gasteiger partial charge in [0.25, 0.3) is 0 Å². The number of hydrogen-bond donors (Lipinski definition) is 0. The Kier molecular flexibility index (Phi) is 5.32. The summed E-state index contributed by atoms with van der Waals surface area (Å²) in [6, 6.07) is 5.77. The molecule has 0 saturated carbocycles. The molecule has 0 atom stereocenters. The molecule has 2 aliphatic rings. The molecule has 0 N–H and O–H groups in total. The van der Waals surface area contributed by atoms with E-state index in [1.54, 1.807) is 7.11 Å². The van der Waals surface area contributed by atoms with Crippen molar-refractivity contribution in [1.29, 1.82) is 0 Å². The zero-order valence-electron chi connectivity index (χ0n) is 19.2. The zero-order valence-corrected chi connectivity index (χ0v) is 20.7. The third kappa shape index (κ3) is 2.85. The van der Waals surface area contributed by atoms with Crippen molar-refractivity contribution < 1.29 is 17.9 Å². The number of benzene rings is 1. The number of hydrogen-bond acceptors (Lipinski definition) is 1. The van der Waals surface area contributed by atoms with E-state index in [-0.39, 0.29) is 0 Å². The highest BCUT2D eigenvalue weighted by atomic mass is 79.9. The smallest absolute Gasteiger partial charge is 0.496 e. The number of methoxy groups -OCH3 is 1. The third-order valence-electron chi connectivity index (χ3n) is 6.93. The maximum atomic E-state index is 16.3. The van der Waals surface area contributed by atoms with Crippen LogP contribution < -0.4 is 4.74 Å². The molecule has 0 amide bonds. The highest BCUT2D eigenvalue weighted by molar-refractivity contribution is 9.10. The zero-order chi connectivity index (χ0) is 22.8. The Morgan fingerprint density at radius 2 is 1.77 bits per heavy atom. The number of nitrogens with zero attached hydrogens (tertiary/aromatic N) is 2. The summed E-state index contributed by atoms with van der Waals surface area (Å²) in [4.78, 5) is 0. The van der Waals surface area contributed by atoms with E-state index in [4.69, 9.17) is 4.74 Å². The van der Waals surface area contributed by atoms with Gasteiger partial charge in [-0.3, -0.25) is 0 Å². The molecular weight excluding hydrogens is 461 g/mol. The van der Waals surface area contributed by atoms with Crippen LogP contribution in [0.5, 0.6) is 5.75 Å². The maximum Gasteiger partial charge on any atom is 0.737 e. The molecule has 164 valence electrons. The fourth-order valence-corrected chi connectivity index (χ4v) is 5.97. The van der Waals surface area contributed by atoms with Crippen LogP contribution in [0.3, 0.4) is 0 Å². The SMILES string of the molecule is CCC1=C(C)C2=C(c3cc(Br)ccc3OC)c3c(C)c(CC)c(C)n3[B-](F)(F)[N+]2=C1C. The molecule has 0 fully saturated rings. The van der Waals surface area contributed by atoms with Gasteiger partial charge in [-0.15, -0.1) is 0 Å². The number of allylic oxidation sites excluding steroid dienone is 2. The second kappa shape index (κ2) is 7.47. The van der Waals surface area contributed by atoms with Gasteiger partial charge < -0.3 is 22.3 Å². The Balaban J connectivity index is 2.27. The fraction of sp³-hybridized carbons (Fsp3) is 0.375. The molecule has 3 heterocycles. The predicted molar refractivity (Wildman–Crippen MR) is 127 cm³/mol. The second-order valence-corrected chi connectivity index (χ2v) is 9.25. The highest BCUT2D eigenvalue weighted by Gasteiger charge is 2.56. The van der Waals surface area contributed by atoms with Gasteiger partial charge in [0, 0.05) is 33.8 Å². The van der Waals surface area contributed by atoms with Crippen LogP contribution in [0.25, 0.3) is 5.57 Å². The average molecular weight is 489 g/mol. The summed E-state index contributed by atoms with van der Waals surface area (Å²) in [6.45, 7) is 7.60. The van der Waals surface area contributed by atoms with E-state index >= 15 is 8.63 Å². The Morgan fingerprint density at radius 1 is 1.10 bits per heavy atom. The lowest BCUT2D eigenvalue weighted by molar-refractivity contribution is -0.363. The van der Waals surface area contributed by atoms with Crippen LogP contribution in [0.2, 0.25) is 0 Å². The van der Waals surface area contributed by atoms with Gasteiger partial charge in [0.1, 0.15) is 11.5 Å². The second-order valence-electron chi connectivity index (χ2n) is 8.33. The summed E-state index contributed by atoms with van der Waals surface area (Å²) in [6.07, 6.45) is 1.42. The molecule has 2 aliphatic heterocycles. The predicted octanol–water partition coefficient (Wildman–Crippen LogP) is 6.65. The van der Waals surface area contributed by atoms with Gasteiger partial charge in [0.15, 0.2) is 5.70 Å². The first-order valence-electron chi connectivity index (χ1n) is 10.8. The summed E-state index contributed by atoms with van der Waals surface area (Å²) in [5, 5.41) is 0. The minimum Gasteiger partial charge on any atom is -0.496 e. The van der Waals surface area contributed by atoms with Crippen LogP contribution in [0, 0.1) is 13.8 Å². The maximum absolute atomic E-state index is 16.3. The summed E-state index contributed by atoms with van der Waals surface area (Å²) < 4.78 is 41.7. The third-order valence-corrected chi connectivity index (χ3v) is 7.42. The van der Waals surface area contributed by atoms with Crippen molar-refractivity contribution in [1.82, 2.24) is 4.48 Å². The number of fused-ring (bicyclic) bond motifs is 2. The largest absolute Gasteiger partial charge is 0.737 e. The molecule has 0 radical (unpaired) electrons. The lowest BCUT2D eigenvalue weighted by Crippen LogP contribution is -2.51. The van der Waals surface area contributed by atoms with Crippen molar-refractivity contribution in [3.8, 4) is 5.75 Å². The molecule has 0 aliphatic carbocycles. The van der Waals surface area contributed by atoms with Gasteiger partial charge in [0.2, 0.25) is 0 Å². The lowest BCUT2D eigenvalue weighted by atomic mass is 9.83. The number of halogens is 3. The summed E-state index contributed by atoms with van der Waals surface area (Å²) in [7, 11) is 1.62. The first-order chi connectivity index (χ1) is 14.6. The molecule has 3 nitrogen and oxygen atoms in total. The number of aromatic nitrogens is 1. The van der Waals surface area contributed by atoms with Crippen molar-refractivity contribution in [2.45, 2.75) is 54.4 Å². The average Bonchev–Trinajstić information content (AvgIpc) is 3.13.